The highest BCUT2D eigenvalue weighted by Gasteiger charge is 2.25. The number of anilines is 2. The fourth-order valence-electron chi connectivity index (χ4n) is 4.31. The lowest BCUT2D eigenvalue weighted by molar-refractivity contribution is -0.122. The Morgan fingerprint density at radius 3 is 2.71 bits per heavy atom. The summed E-state index contributed by atoms with van der Waals surface area (Å²) in [4.78, 5) is 35.8. The molecule has 1 aliphatic heterocycles. The number of nitrogens with zero attached hydrogens (tertiary/aromatic N) is 4. The van der Waals surface area contributed by atoms with Crippen LogP contribution in [0.25, 0.3) is 22.4 Å². The van der Waals surface area contributed by atoms with Gasteiger partial charge in [0.15, 0.2) is 0 Å². The number of carbonyl (C=O) groups is 2. The maximum Gasteiger partial charge on any atom is 0.259 e. The summed E-state index contributed by atoms with van der Waals surface area (Å²) in [6.07, 6.45) is 3.21. The third kappa shape index (κ3) is 4.54. The summed E-state index contributed by atoms with van der Waals surface area (Å²) >= 11 is 0. The minimum atomic E-state index is -0.381. The first-order chi connectivity index (χ1) is 16.9. The Morgan fingerprint density at radius 1 is 1.20 bits per heavy atom. The zero-order chi connectivity index (χ0) is 24.5. The lowest BCUT2D eigenvalue weighted by Crippen LogP contribution is -2.41. The van der Waals surface area contributed by atoms with Gasteiger partial charge >= 0.3 is 0 Å². The van der Waals surface area contributed by atoms with Gasteiger partial charge in [0.2, 0.25) is 5.91 Å². The molecule has 10 heteroatoms. The number of aryl methyl sites for hydroxylation is 1. The maximum atomic E-state index is 13.4. The molecule has 3 N–H and O–H groups in total. The monoisotopic (exact) mass is 474 g/mol. The number of hydrogen-bond acceptors (Lipinski definition) is 7. The lowest BCUT2D eigenvalue weighted by Gasteiger charge is -2.32. The molecule has 35 heavy (non-hydrogen) atoms. The van der Waals surface area contributed by atoms with E-state index < -0.39 is 0 Å². The summed E-state index contributed by atoms with van der Waals surface area (Å²) in [6.45, 7) is 3.05. The topological polar surface area (TPSA) is 127 Å². The predicted octanol–water partition coefficient (Wildman–Crippen LogP) is 3.69. The quantitative estimate of drug-likeness (QED) is 0.452. The molecule has 1 fully saturated rings. The van der Waals surface area contributed by atoms with Crippen LogP contribution in [-0.2, 0) is 4.79 Å². The van der Waals surface area contributed by atoms with Gasteiger partial charge < -0.3 is 20.5 Å². The minimum absolute atomic E-state index is 0.193. The largest absolute Gasteiger partial charge is 0.369 e. The number of hydrogen-bond donors (Lipinski definition) is 2. The van der Waals surface area contributed by atoms with E-state index >= 15 is 0 Å². The van der Waals surface area contributed by atoms with Gasteiger partial charge in [-0.3, -0.25) is 9.59 Å². The number of nitrogens with one attached hydrogen (secondary N) is 1. The molecule has 178 valence electrons. The highest BCUT2D eigenvalue weighted by atomic mass is 19.1. The van der Waals surface area contributed by atoms with E-state index in [2.05, 4.69) is 20.4 Å². The fourth-order valence-corrected chi connectivity index (χ4v) is 4.31. The number of fused-ring (bicyclic) bond motifs is 1. The van der Waals surface area contributed by atoms with Crippen molar-refractivity contribution in [3.8, 4) is 11.3 Å². The first-order valence-corrected chi connectivity index (χ1v) is 11.2. The van der Waals surface area contributed by atoms with E-state index in [-0.39, 0.29) is 29.3 Å². The molecule has 1 unspecified atom stereocenters. The molecule has 2 amide bonds. The van der Waals surface area contributed by atoms with Crippen molar-refractivity contribution in [1.29, 1.82) is 0 Å². The number of primary amides is 1. The van der Waals surface area contributed by atoms with Crippen molar-refractivity contribution in [2.75, 3.05) is 23.3 Å². The van der Waals surface area contributed by atoms with Crippen LogP contribution in [-0.4, -0.2) is 40.0 Å². The van der Waals surface area contributed by atoms with Gasteiger partial charge in [-0.15, -0.1) is 0 Å². The van der Waals surface area contributed by atoms with Crippen molar-refractivity contribution in [1.82, 2.24) is 15.1 Å². The second-order valence-corrected chi connectivity index (χ2v) is 8.56. The van der Waals surface area contributed by atoms with E-state index in [1.165, 1.54) is 12.1 Å². The average molecular weight is 474 g/mol. The second-order valence-electron chi connectivity index (χ2n) is 8.56. The molecule has 9 nitrogen and oxygen atoms in total. The van der Waals surface area contributed by atoms with Crippen LogP contribution in [0.1, 0.15) is 28.9 Å². The number of nitrogens with two attached hydrogens (primary N) is 1. The molecule has 1 atom stereocenters. The number of halogens is 1. The summed E-state index contributed by atoms with van der Waals surface area (Å²) in [5, 5.41) is 7.31. The first kappa shape index (κ1) is 22.5. The highest BCUT2D eigenvalue weighted by Crippen LogP contribution is 2.28. The number of piperidine rings is 1. The Labute approximate surface area is 200 Å². The van der Waals surface area contributed by atoms with Crippen molar-refractivity contribution in [3.05, 3.63) is 65.7 Å². The van der Waals surface area contributed by atoms with Gasteiger partial charge in [0.1, 0.15) is 11.6 Å². The van der Waals surface area contributed by atoms with Crippen LogP contribution in [0.15, 0.2) is 53.2 Å². The summed E-state index contributed by atoms with van der Waals surface area (Å²) in [7, 11) is 0. The van der Waals surface area contributed by atoms with Crippen molar-refractivity contribution in [2.24, 2.45) is 11.7 Å². The van der Waals surface area contributed by atoms with Gasteiger partial charge in [-0.25, -0.2) is 14.4 Å². The van der Waals surface area contributed by atoms with E-state index in [4.69, 9.17) is 10.3 Å². The van der Waals surface area contributed by atoms with E-state index in [1.54, 1.807) is 43.5 Å². The van der Waals surface area contributed by atoms with Crippen LogP contribution in [0.4, 0.5) is 15.9 Å². The Balaban J connectivity index is 1.40. The molecule has 0 saturated carbocycles. The Kier molecular flexibility index (Phi) is 5.86. The fraction of sp³-hybridized carbons (Fsp3) is 0.240. The average Bonchev–Trinajstić information content (AvgIpc) is 3.25. The molecule has 3 aromatic heterocycles. The van der Waals surface area contributed by atoms with Crippen molar-refractivity contribution < 1.29 is 18.5 Å². The van der Waals surface area contributed by atoms with Gasteiger partial charge in [-0.1, -0.05) is 5.16 Å². The molecule has 0 radical (unpaired) electrons. The molecule has 4 aromatic rings. The van der Waals surface area contributed by atoms with Gasteiger partial charge in [-0.2, -0.15) is 0 Å². The molecule has 0 aliphatic carbocycles. The normalized spacial score (nSPS) is 15.8. The number of pyridine rings is 2. The first-order valence-electron chi connectivity index (χ1n) is 11.2. The van der Waals surface area contributed by atoms with E-state index in [0.717, 1.165) is 19.4 Å². The molecular formula is C25H23FN6O3. The van der Waals surface area contributed by atoms with Crippen LogP contribution in [0.5, 0.6) is 0 Å². The van der Waals surface area contributed by atoms with E-state index in [0.29, 0.717) is 46.0 Å². The summed E-state index contributed by atoms with van der Waals surface area (Å²) in [5.74, 6) is -0.525. The third-order valence-electron chi connectivity index (χ3n) is 6.16. The maximum absolute atomic E-state index is 13.4. The number of rotatable bonds is 5. The smallest absolute Gasteiger partial charge is 0.259 e. The van der Waals surface area contributed by atoms with Gasteiger partial charge in [0, 0.05) is 18.7 Å². The van der Waals surface area contributed by atoms with Crippen molar-refractivity contribution >= 4 is 34.4 Å². The van der Waals surface area contributed by atoms with Crippen molar-refractivity contribution in [2.45, 2.75) is 19.8 Å². The number of benzene rings is 1. The number of aromatic nitrogens is 3. The molecule has 1 saturated heterocycles. The summed E-state index contributed by atoms with van der Waals surface area (Å²) < 4.78 is 18.7. The SMILES string of the molecule is Cc1noc2nc(-c3ccc(F)cc3)cc(C(=O)Nc3ccc(N4CCCC(C(N)=O)C4)nc3)c12. The lowest BCUT2D eigenvalue weighted by atomic mass is 9.97. The second kappa shape index (κ2) is 9.13. The number of amides is 2. The van der Waals surface area contributed by atoms with Crippen LogP contribution < -0.4 is 16.0 Å². The van der Waals surface area contributed by atoms with Crippen molar-refractivity contribution in [3.63, 3.8) is 0 Å². The Bertz CT molecular complexity index is 1400. The van der Waals surface area contributed by atoms with Gasteiger partial charge in [0.05, 0.1) is 40.1 Å². The van der Waals surface area contributed by atoms with Crippen LogP contribution in [0, 0.1) is 18.7 Å². The highest BCUT2D eigenvalue weighted by molar-refractivity contribution is 6.13. The zero-order valence-corrected chi connectivity index (χ0v) is 19.0. The van der Waals surface area contributed by atoms with Gasteiger partial charge in [-0.05, 0) is 62.2 Å². The molecule has 1 aliphatic rings. The Morgan fingerprint density at radius 2 is 2.00 bits per heavy atom. The molecule has 1 aromatic carbocycles. The van der Waals surface area contributed by atoms with Crippen LogP contribution in [0.2, 0.25) is 0 Å². The molecule has 0 bridgehead atoms. The summed E-state index contributed by atoms with van der Waals surface area (Å²) in [6, 6.07) is 11.0. The zero-order valence-electron chi connectivity index (χ0n) is 19.0. The summed E-state index contributed by atoms with van der Waals surface area (Å²) in [5.41, 5.74) is 8.16. The van der Waals surface area contributed by atoms with Crippen LogP contribution >= 0.6 is 0 Å². The van der Waals surface area contributed by atoms with Gasteiger partial charge in [0.25, 0.3) is 11.6 Å². The Hall–Kier alpha value is -4.34. The predicted molar refractivity (Wildman–Crippen MR) is 128 cm³/mol. The molecule has 5 rings (SSSR count). The standard InChI is InChI=1S/C25H23FN6O3/c1-14-22-19(11-20(30-25(22)35-31-14)15-4-6-17(26)7-5-15)24(34)29-18-8-9-21(28-12-18)32-10-2-3-16(13-32)23(27)33/h4-9,11-12,16H,2-3,10,13H2,1H3,(H2,27,33)(H,29,34). The molecular weight excluding hydrogens is 451 g/mol. The van der Waals surface area contributed by atoms with Crippen LogP contribution in [0.3, 0.4) is 0 Å². The third-order valence-corrected chi connectivity index (χ3v) is 6.16. The number of carbonyl (C=O) groups excluding carboxylic acids is 2. The molecule has 0 spiro atoms. The van der Waals surface area contributed by atoms with E-state index in [1.807, 2.05) is 4.90 Å². The molecule has 4 heterocycles. The minimum Gasteiger partial charge on any atom is -0.369 e. The van der Waals surface area contributed by atoms with E-state index in [9.17, 15) is 14.0 Å².